The van der Waals surface area contributed by atoms with E-state index in [0.717, 1.165) is 12.1 Å². The number of nitrogens with one attached hydrogen (secondary N) is 1. The molecule has 0 bridgehead atoms. The summed E-state index contributed by atoms with van der Waals surface area (Å²) in [6.45, 7) is 0.222. The molecule has 0 radical (unpaired) electrons. The van der Waals surface area contributed by atoms with Crippen LogP contribution in [0.3, 0.4) is 0 Å². The Morgan fingerprint density at radius 2 is 1.72 bits per heavy atom. The maximum Gasteiger partial charge on any atom is 0.416 e. The van der Waals surface area contributed by atoms with Gasteiger partial charge in [0.1, 0.15) is 11.5 Å². The van der Waals surface area contributed by atoms with Crippen molar-refractivity contribution in [2.24, 2.45) is 0 Å². The van der Waals surface area contributed by atoms with Gasteiger partial charge in [-0.2, -0.15) is 13.2 Å². The predicted octanol–water partition coefficient (Wildman–Crippen LogP) is 5.85. The normalized spacial score (nSPS) is 16.0. The second-order valence-electron chi connectivity index (χ2n) is 8.07. The first kappa shape index (κ1) is 23.6. The van der Waals surface area contributed by atoms with Gasteiger partial charge in [-0.3, -0.25) is 4.90 Å². The number of carbonyl (C=O) groups excluding carboxylic acids is 1. The molecule has 0 spiro atoms. The van der Waals surface area contributed by atoms with E-state index >= 15 is 0 Å². The zero-order valence-corrected chi connectivity index (χ0v) is 19.2. The standard InChI is InChI=1S/C24H18ClF3N6O2/c25-17-4-8-19(9-5-17)36-20-10-6-18(7-11-20)34-21(15-2-1-3-16(12-15)24(26,27)28)13-33(23(34)35)14-22-29-31-32-30-22/h1-12,21H,13-14H2,(H,29,30,31,32). The largest absolute Gasteiger partial charge is 0.457 e. The third kappa shape index (κ3) is 4.96. The summed E-state index contributed by atoms with van der Waals surface area (Å²) >= 11 is 5.90. The number of urea groups is 1. The number of H-pyrrole nitrogens is 1. The minimum absolute atomic E-state index is 0.0789. The molecule has 0 aliphatic carbocycles. The number of rotatable bonds is 6. The van der Waals surface area contributed by atoms with Crippen molar-refractivity contribution in [3.63, 3.8) is 0 Å². The molecule has 184 valence electrons. The van der Waals surface area contributed by atoms with Gasteiger partial charge in [0.2, 0.25) is 0 Å². The van der Waals surface area contributed by atoms with E-state index in [2.05, 4.69) is 20.6 Å². The molecule has 1 aliphatic rings. The van der Waals surface area contributed by atoms with Crippen LogP contribution in [0.1, 0.15) is 23.0 Å². The van der Waals surface area contributed by atoms with E-state index in [1.165, 1.54) is 15.9 Å². The SMILES string of the molecule is O=C1N(Cc2nnn[nH]2)CC(c2cccc(C(F)(F)F)c2)N1c1ccc(Oc2ccc(Cl)cc2)cc1. The Morgan fingerprint density at radius 1 is 1.03 bits per heavy atom. The van der Waals surface area contributed by atoms with Crippen molar-refractivity contribution in [3.05, 3.63) is 94.8 Å². The molecular weight excluding hydrogens is 497 g/mol. The molecule has 3 aromatic carbocycles. The van der Waals surface area contributed by atoms with Crippen molar-refractivity contribution < 1.29 is 22.7 Å². The average Bonchev–Trinajstić information content (AvgIpc) is 3.49. The summed E-state index contributed by atoms with van der Waals surface area (Å²) in [5, 5.41) is 14.0. The summed E-state index contributed by atoms with van der Waals surface area (Å²) < 4.78 is 46.0. The lowest BCUT2D eigenvalue weighted by molar-refractivity contribution is -0.137. The molecule has 1 fully saturated rings. The van der Waals surface area contributed by atoms with Crippen molar-refractivity contribution in [3.8, 4) is 11.5 Å². The number of aromatic nitrogens is 4. The number of anilines is 1. The monoisotopic (exact) mass is 514 g/mol. The Morgan fingerprint density at radius 3 is 2.36 bits per heavy atom. The van der Waals surface area contributed by atoms with Crippen molar-refractivity contribution >= 4 is 23.3 Å². The van der Waals surface area contributed by atoms with Crippen molar-refractivity contribution in [1.82, 2.24) is 25.5 Å². The fourth-order valence-electron chi connectivity index (χ4n) is 3.99. The summed E-state index contributed by atoms with van der Waals surface area (Å²) in [4.78, 5) is 16.4. The number of tetrazole rings is 1. The number of amides is 2. The van der Waals surface area contributed by atoms with Gasteiger partial charge in [0.05, 0.1) is 18.2 Å². The summed E-state index contributed by atoms with van der Waals surface area (Å²) in [6.07, 6.45) is -4.50. The summed E-state index contributed by atoms with van der Waals surface area (Å²) in [6, 6.07) is 17.5. The van der Waals surface area contributed by atoms with Gasteiger partial charge < -0.3 is 9.64 Å². The Kier molecular flexibility index (Phi) is 6.23. The van der Waals surface area contributed by atoms with Crippen LogP contribution in [0.25, 0.3) is 0 Å². The lowest BCUT2D eigenvalue weighted by Crippen LogP contribution is -2.32. The van der Waals surface area contributed by atoms with Crippen LogP contribution >= 0.6 is 11.6 Å². The molecule has 12 heteroatoms. The molecule has 1 aliphatic heterocycles. The van der Waals surface area contributed by atoms with E-state index in [4.69, 9.17) is 16.3 Å². The van der Waals surface area contributed by atoms with E-state index in [1.807, 2.05) is 0 Å². The molecule has 1 aromatic heterocycles. The molecule has 8 nitrogen and oxygen atoms in total. The van der Waals surface area contributed by atoms with Crippen LogP contribution in [-0.4, -0.2) is 38.1 Å². The van der Waals surface area contributed by atoms with E-state index in [9.17, 15) is 18.0 Å². The van der Waals surface area contributed by atoms with Crippen molar-refractivity contribution in [2.75, 3.05) is 11.4 Å². The molecular formula is C24H18ClF3N6O2. The Bertz CT molecular complexity index is 1350. The second kappa shape index (κ2) is 9.50. The van der Waals surface area contributed by atoms with Gasteiger partial charge in [-0.1, -0.05) is 23.7 Å². The van der Waals surface area contributed by atoms with Crippen LogP contribution in [0.5, 0.6) is 11.5 Å². The zero-order valence-electron chi connectivity index (χ0n) is 18.5. The van der Waals surface area contributed by atoms with Gasteiger partial charge >= 0.3 is 12.2 Å². The number of carbonyl (C=O) groups is 1. The highest BCUT2D eigenvalue weighted by Gasteiger charge is 2.40. The molecule has 1 N–H and O–H groups in total. The minimum Gasteiger partial charge on any atom is -0.457 e. The van der Waals surface area contributed by atoms with Crippen LogP contribution in [0.2, 0.25) is 5.02 Å². The Hall–Kier alpha value is -4.12. The van der Waals surface area contributed by atoms with Crippen LogP contribution < -0.4 is 9.64 Å². The van der Waals surface area contributed by atoms with Crippen molar-refractivity contribution in [1.29, 1.82) is 0 Å². The van der Waals surface area contributed by atoms with Crippen LogP contribution in [0.15, 0.2) is 72.8 Å². The van der Waals surface area contributed by atoms with E-state index < -0.39 is 17.8 Å². The van der Waals surface area contributed by atoms with Gasteiger partial charge in [-0.05, 0) is 76.7 Å². The van der Waals surface area contributed by atoms with Gasteiger partial charge in [0.25, 0.3) is 0 Å². The number of ether oxygens (including phenoxy) is 1. The quantitative estimate of drug-likeness (QED) is 0.349. The lowest BCUT2D eigenvalue weighted by Gasteiger charge is -2.24. The minimum atomic E-state index is -4.50. The number of aromatic amines is 1. The van der Waals surface area contributed by atoms with Crippen LogP contribution in [0.4, 0.5) is 23.7 Å². The summed E-state index contributed by atoms with van der Waals surface area (Å²) in [5.41, 5.74) is 0.0823. The van der Waals surface area contributed by atoms with E-state index in [0.29, 0.717) is 33.6 Å². The fraction of sp³-hybridized carbons (Fsp3) is 0.167. The topological polar surface area (TPSA) is 87.2 Å². The van der Waals surface area contributed by atoms with E-state index in [1.54, 1.807) is 54.6 Å². The Labute approximate surface area is 208 Å². The number of benzene rings is 3. The number of hydrogen-bond acceptors (Lipinski definition) is 5. The maximum atomic E-state index is 13.4. The highest BCUT2D eigenvalue weighted by molar-refractivity contribution is 6.30. The number of halogens is 4. The first-order chi connectivity index (χ1) is 17.3. The first-order valence-electron chi connectivity index (χ1n) is 10.8. The van der Waals surface area contributed by atoms with Gasteiger partial charge in [-0.15, -0.1) is 5.10 Å². The molecule has 4 aromatic rings. The molecule has 0 saturated carbocycles. The van der Waals surface area contributed by atoms with Crippen molar-refractivity contribution in [2.45, 2.75) is 18.8 Å². The average molecular weight is 515 g/mol. The molecule has 1 saturated heterocycles. The molecule has 2 amide bonds. The van der Waals surface area contributed by atoms with Crippen LogP contribution in [0, 0.1) is 0 Å². The highest BCUT2D eigenvalue weighted by atomic mass is 35.5. The number of nitrogens with zero attached hydrogens (tertiary/aromatic N) is 5. The predicted molar refractivity (Wildman–Crippen MR) is 125 cm³/mol. The Balaban J connectivity index is 1.45. The number of hydrogen-bond donors (Lipinski definition) is 1. The summed E-state index contributed by atoms with van der Waals surface area (Å²) in [5.74, 6) is 1.46. The van der Waals surface area contributed by atoms with Crippen LogP contribution in [-0.2, 0) is 12.7 Å². The van der Waals surface area contributed by atoms with E-state index in [-0.39, 0.29) is 19.1 Å². The lowest BCUT2D eigenvalue weighted by atomic mass is 10.0. The number of alkyl halides is 3. The molecule has 1 unspecified atom stereocenters. The highest BCUT2D eigenvalue weighted by Crippen LogP contribution is 2.38. The molecule has 1 atom stereocenters. The van der Waals surface area contributed by atoms with Gasteiger partial charge in [-0.25, -0.2) is 9.89 Å². The maximum absolute atomic E-state index is 13.4. The zero-order chi connectivity index (χ0) is 25.3. The van der Waals surface area contributed by atoms with Gasteiger partial charge in [0.15, 0.2) is 5.82 Å². The molecule has 5 rings (SSSR count). The summed E-state index contributed by atoms with van der Waals surface area (Å²) in [7, 11) is 0. The second-order valence-corrected chi connectivity index (χ2v) is 8.51. The smallest absolute Gasteiger partial charge is 0.416 e. The third-order valence-electron chi connectivity index (χ3n) is 5.67. The third-order valence-corrected chi connectivity index (χ3v) is 5.93. The molecule has 36 heavy (non-hydrogen) atoms. The molecule has 2 heterocycles. The van der Waals surface area contributed by atoms with Gasteiger partial charge in [0, 0.05) is 17.3 Å². The fourth-order valence-corrected chi connectivity index (χ4v) is 4.12. The first-order valence-corrected chi connectivity index (χ1v) is 11.2.